The topological polar surface area (TPSA) is 139 Å². The summed E-state index contributed by atoms with van der Waals surface area (Å²) >= 11 is 0. The second kappa shape index (κ2) is 4.09. The lowest BCUT2D eigenvalue weighted by atomic mass is 10.1. The van der Waals surface area contributed by atoms with E-state index in [1.807, 2.05) is 0 Å². The van der Waals surface area contributed by atoms with Crippen LogP contribution in [-0.4, -0.2) is 57.7 Å². The Labute approximate surface area is 79.0 Å². The first-order chi connectivity index (χ1) is 6.55. The molecule has 4 N–H and O–H groups in total. The fourth-order valence-corrected chi connectivity index (χ4v) is 1.26. The maximum absolute atomic E-state index is 9.39. The lowest BCUT2D eigenvalue weighted by Crippen LogP contribution is -2.46. The molecule has 0 unspecified atom stereocenters. The highest BCUT2D eigenvalue weighted by atomic mass is 16.7. The molecule has 4 atom stereocenters. The van der Waals surface area contributed by atoms with Crippen LogP contribution in [-0.2, 0) is 4.74 Å². The number of aliphatic hydroxyl groups excluding tert-OH is 3. The zero-order valence-electron chi connectivity index (χ0n) is 7.19. The fraction of sp³-hybridized carbons (Fsp3) is 1.00. The van der Waals surface area contributed by atoms with Crippen LogP contribution in [0.5, 0.6) is 0 Å². The lowest BCUT2D eigenvalue weighted by molar-refractivity contribution is -0.244. The van der Waals surface area contributed by atoms with E-state index in [1.54, 1.807) is 0 Å². The highest BCUT2D eigenvalue weighted by Crippen LogP contribution is 2.28. The van der Waals surface area contributed by atoms with Gasteiger partial charge >= 0.3 is 0 Å². The van der Waals surface area contributed by atoms with E-state index in [9.17, 15) is 15.3 Å². The molecule has 0 aromatic carbocycles. The second-order valence-electron chi connectivity index (χ2n) is 3.01. The smallest absolute Gasteiger partial charge is 0.219 e. The van der Waals surface area contributed by atoms with E-state index in [2.05, 4.69) is 10.0 Å². The SMILES string of the molecule is [N-]=[N+]=NC[C@H]1O[C@@](O)(CO)[C@@H](O)[C@@H]1O. The molecule has 0 amide bonds. The largest absolute Gasteiger partial charge is 0.391 e. The second-order valence-corrected chi connectivity index (χ2v) is 3.01. The Morgan fingerprint density at radius 3 is 2.57 bits per heavy atom. The van der Waals surface area contributed by atoms with Crippen LogP contribution < -0.4 is 0 Å². The molecule has 0 saturated carbocycles. The van der Waals surface area contributed by atoms with Crippen molar-refractivity contribution in [1.29, 1.82) is 0 Å². The van der Waals surface area contributed by atoms with E-state index < -0.39 is 30.7 Å². The van der Waals surface area contributed by atoms with Crippen molar-refractivity contribution in [1.82, 2.24) is 0 Å². The summed E-state index contributed by atoms with van der Waals surface area (Å²) in [6.45, 7) is -1.07. The summed E-state index contributed by atoms with van der Waals surface area (Å²) in [5.74, 6) is -2.19. The Balaban J connectivity index is 2.71. The van der Waals surface area contributed by atoms with Crippen LogP contribution in [0.4, 0.5) is 0 Å². The van der Waals surface area contributed by atoms with Crippen LogP contribution in [0, 0.1) is 0 Å². The zero-order valence-corrected chi connectivity index (χ0v) is 7.19. The highest BCUT2D eigenvalue weighted by molar-refractivity contribution is 4.95. The molecule has 1 aliphatic rings. The third-order valence-corrected chi connectivity index (χ3v) is 2.07. The molecule has 8 nitrogen and oxygen atoms in total. The van der Waals surface area contributed by atoms with Crippen molar-refractivity contribution in [2.45, 2.75) is 24.1 Å². The van der Waals surface area contributed by atoms with Crippen LogP contribution in [0.25, 0.3) is 10.4 Å². The lowest BCUT2D eigenvalue weighted by Gasteiger charge is -2.22. The molecule has 8 heteroatoms. The monoisotopic (exact) mass is 205 g/mol. The van der Waals surface area contributed by atoms with Crippen LogP contribution in [0.2, 0.25) is 0 Å². The van der Waals surface area contributed by atoms with Crippen LogP contribution >= 0.6 is 0 Å². The van der Waals surface area contributed by atoms with Crippen molar-refractivity contribution >= 4 is 0 Å². The number of nitrogens with zero attached hydrogens (tertiary/aromatic N) is 3. The van der Waals surface area contributed by atoms with Gasteiger partial charge in [0.25, 0.3) is 0 Å². The molecule has 1 aliphatic heterocycles. The Morgan fingerprint density at radius 1 is 1.50 bits per heavy atom. The van der Waals surface area contributed by atoms with E-state index in [-0.39, 0.29) is 6.54 Å². The summed E-state index contributed by atoms with van der Waals surface area (Å²) < 4.78 is 4.77. The van der Waals surface area contributed by atoms with E-state index in [0.29, 0.717) is 0 Å². The molecule has 1 heterocycles. The van der Waals surface area contributed by atoms with Gasteiger partial charge in [-0.2, -0.15) is 0 Å². The maximum Gasteiger partial charge on any atom is 0.219 e. The van der Waals surface area contributed by atoms with Gasteiger partial charge in [0.05, 0.1) is 19.3 Å². The molecule has 0 spiro atoms. The molecule has 1 saturated heterocycles. The van der Waals surface area contributed by atoms with Gasteiger partial charge in [-0.15, -0.1) is 0 Å². The van der Waals surface area contributed by atoms with Crippen molar-refractivity contribution in [3.05, 3.63) is 10.4 Å². The molecule has 80 valence electrons. The summed E-state index contributed by atoms with van der Waals surface area (Å²) in [5.41, 5.74) is 8.01. The third kappa shape index (κ3) is 1.80. The number of hydrogen-bond donors (Lipinski definition) is 4. The summed E-state index contributed by atoms with van der Waals surface area (Å²) in [7, 11) is 0. The normalized spacial score (nSPS) is 42.1. The molecule has 0 radical (unpaired) electrons. The molecular weight excluding hydrogens is 194 g/mol. The minimum Gasteiger partial charge on any atom is -0.391 e. The van der Waals surface area contributed by atoms with Crippen molar-refractivity contribution in [2.75, 3.05) is 13.2 Å². The van der Waals surface area contributed by atoms with Gasteiger partial charge in [0, 0.05) is 4.91 Å². The van der Waals surface area contributed by atoms with E-state index >= 15 is 0 Å². The highest BCUT2D eigenvalue weighted by Gasteiger charge is 2.52. The van der Waals surface area contributed by atoms with Crippen LogP contribution in [0.1, 0.15) is 0 Å². The summed E-state index contributed by atoms with van der Waals surface area (Å²) in [4.78, 5) is 2.44. The summed E-state index contributed by atoms with van der Waals surface area (Å²) in [5, 5.41) is 39.8. The molecule has 0 aromatic heterocycles. The molecule has 1 rings (SSSR count). The fourth-order valence-electron chi connectivity index (χ4n) is 1.26. The first-order valence-corrected chi connectivity index (χ1v) is 3.93. The first-order valence-electron chi connectivity index (χ1n) is 3.93. The Kier molecular flexibility index (Phi) is 3.27. The number of rotatable bonds is 3. The minimum atomic E-state index is -2.19. The van der Waals surface area contributed by atoms with E-state index in [4.69, 9.17) is 15.4 Å². The first kappa shape index (κ1) is 11.2. The molecule has 0 aromatic rings. The van der Waals surface area contributed by atoms with Crippen LogP contribution in [0.15, 0.2) is 5.11 Å². The van der Waals surface area contributed by atoms with Gasteiger partial charge in [0.1, 0.15) is 12.2 Å². The standard InChI is InChI=1S/C6H11N3O5/c7-9-8-1-3-4(11)5(12)6(13,2-10)14-3/h3-5,10-13H,1-2H2/t3-,4-,5+,6+/m1/s1. The number of hydrogen-bond acceptors (Lipinski definition) is 6. The van der Waals surface area contributed by atoms with Gasteiger partial charge in [-0.05, 0) is 5.53 Å². The minimum absolute atomic E-state index is 0.225. The Bertz CT molecular complexity index is 256. The van der Waals surface area contributed by atoms with Gasteiger partial charge in [-0.3, -0.25) is 0 Å². The van der Waals surface area contributed by atoms with E-state index in [0.717, 1.165) is 0 Å². The molecule has 0 aliphatic carbocycles. The van der Waals surface area contributed by atoms with Gasteiger partial charge in [-0.1, -0.05) is 5.11 Å². The van der Waals surface area contributed by atoms with Gasteiger partial charge in [0.2, 0.25) is 5.79 Å². The predicted octanol–water partition coefficient (Wildman–Crippen LogP) is -1.90. The summed E-state index contributed by atoms with van der Waals surface area (Å²) in [6, 6.07) is 0. The van der Waals surface area contributed by atoms with Gasteiger partial charge in [-0.25, -0.2) is 0 Å². The molecular formula is C6H11N3O5. The number of ether oxygens (including phenoxy) is 1. The van der Waals surface area contributed by atoms with Gasteiger partial charge < -0.3 is 25.2 Å². The Morgan fingerprint density at radius 2 is 2.14 bits per heavy atom. The molecule has 14 heavy (non-hydrogen) atoms. The third-order valence-electron chi connectivity index (χ3n) is 2.07. The van der Waals surface area contributed by atoms with Crippen molar-refractivity contribution in [3.63, 3.8) is 0 Å². The van der Waals surface area contributed by atoms with Crippen molar-refractivity contribution in [2.24, 2.45) is 5.11 Å². The maximum atomic E-state index is 9.39. The molecule has 1 fully saturated rings. The van der Waals surface area contributed by atoms with Crippen molar-refractivity contribution < 1.29 is 25.2 Å². The quantitative estimate of drug-likeness (QED) is 0.242. The zero-order chi connectivity index (χ0) is 10.8. The average molecular weight is 205 g/mol. The average Bonchev–Trinajstić information content (AvgIpc) is 2.41. The number of azide groups is 1. The van der Waals surface area contributed by atoms with E-state index in [1.165, 1.54) is 0 Å². The summed E-state index contributed by atoms with van der Waals surface area (Å²) in [6.07, 6.45) is -4.03. The number of aliphatic hydroxyl groups is 4. The van der Waals surface area contributed by atoms with Gasteiger partial charge in [0.15, 0.2) is 0 Å². The Hall–Kier alpha value is -0.890. The predicted molar refractivity (Wildman–Crippen MR) is 42.9 cm³/mol. The van der Waals surface area contributed by atoms with Crippen molar-refractivity contribution in [3.8, 4) is 0 Å². The van der Waals surface area contributed by atoms with Crippen LogP contribution in [0.3, 0.4) is 0 Å². The molecule has 0 bridgehead atoms.